The molecule has 1 rings (SSSR count). The van der Waals surface area contributed by atoms with Crippen LogP contribution in [0.15, 0.2) is 22.7 Å². The maximum Gasteiger partial charge on any atom is 0.134 e. The maximum atomic E-state index is 5.88. The van der Waals surface area contributed by atoms with Gasteiger partial charge in [0.25, 0.3) is 0 Å². The topological polar surface area (TPSA) is 30.5 Å². The van der Waals surface area contributed by atoms with Crippen molar-refractivity contribution in [2.75, 3.05) is 26.8 Å². The highest BCUT2D eigenvalue weighted by atomic mass is 79.9. The van der Waals surface area contributed by atoms with Crippen LogP contribution < -0.4 is 10.1 Å². The molecule has 1 aromatic carbocycles. The fourth-order valence-electron chi connectivity index (χ4n) is 1.48. The Morgan fingerprint density at radius 1 is 1.44 bits per heavy atom. The molecule has 0 saturated heterocycles. The molecule has 0 saturated carbocycles. The summed E-state index contributed by atoms with van der Waals surface area (Å²) in [6.45, 7) is 4.55. The summed E-state index contributed by atoms with van der Waals surface area (Å²) in [6, 6.07) is 5.52. The van der Waals surface area contributed by atoms with E-state index in [4.69, 9.17) is 21.1 Å². The third-order valence-electron chi connectivity index (χ3n) is 2.36. The van der Waals surface area contributed by atoms with E-state index in [0.29, 0.717) is 5.02 Å². The van der Waals surface area contributed by atoms with Crippen LogP contribution in [-0.4, -0.2) is 32.9 Å². The van der Waals surface area contributed by atoms with Gasteiger partial charge in [-0.25, -0.2) is 0 Å². The average molecular weight is 337 g/mol. The Balaban J connectivity index is 2.28. The first-order valence-electron chi connectivity index (χ1n) is 5.95. The first-order chi connectivity index (χ1) is 8.63. The smallest absolute Gasteiger partial charge is 0.134 e. The van der Waals surface area contributed by atoms with Gasteiger partial charge in [-0.15, -0.1) is 0 Å². The van der Waals surface area contributed by atoms with Crippen LogP contribution in [0.5, 0.6) is 5.75 Å². The Labute approximate surface area is 122 Å². The molecular weight excluding hydrogens is 318 g/mol. The summed E-state index contributed by atoms with van der Waals surface area (Å²) in [5.41, 5.74) is 0. The lowest BCUT2D eigenvalue weighted by Crippen LogP contribution is -2.30. The number of hydrogen-bond acceptors (Lipinski definition) is 3. The maximum absolute atomic E-state index is 5.88. The fourth-order valence-corrected chi connectivity index (χ4v) is 2.25. The molecule has 0 aromatic heterocycles. The molecule has 18 heavy (non-hydrogen) atoms. The van der Waals surface area contributed by atoms with Crippen LogP contribution in [0.1, 0.15) is 13.3 Å². The van der Waals surface area contributed by atoms with E-state index in [1.807, 2.05) is 25.1 Å². The van der Waals surface area contributed by atoms with Crippen molar-refractivity contribution in [3.8, 4) is 5.75 Å². The van der Waals surface area contributed by atoms with E-state index in [0.717, 1.165) is 36.3 Å². The van der Waals surface area contributed by atoms with Gasteiger partial charge in [0.05, 0.1) is 4.47 Å². The van der Waals surface area contributed by atoms with Crippen LogP contribution >= 0.6 is 27.5 Å². The van der Waals surface area contributed by atoms with Crippen LogP contribution in [0.3, 0.4) is 0 Å². The summed E-state index contributed by atoms with van der Waals surface area (Å²) in [5, 5.41) is 4.02. The second-order valence-corrected chi connectivity index (χ2v) is 5.34. The number of nitrogens with one attached hydrogen (secondary N) is 1. The van der Waals surface area contributed by atoms with Gasteiger partial charge in [-0.05, 0) is 54.0 Å². The molecule has 3 nitrogen and oxygen atoms in total. The molecule has 0 radical (unpaired) electrons. The highest BCUT2D eigenvalue weighted by Gasteiger charge is 2.07. The molecule has 0 fully saturated rings. The molecule has 0 spiro atoms. The van der Waals surface area contributed by atoms with E-state index >= 15 is 0 Å². The first-order valence-corrected chi connectivity index (χ1v) is 7.12. The summed E-state index contributed by atoms with van der Waals surface area (Å²) in [6.07, 6.45) is 1.11. The molecule has 1 unspecified atom stereocenters. The van der Waals surface area contributed by atoms with Crippen molar-refractivity contribution in [2.24, 2.45) is 0 Å². The molecule has 1 aromatic rings. The highest BCUT2D eigenvalue weighted by molar-refractivity contribution is 9.10. The summed E-state index contributed by atoms with van der Waals surface area (Å²) in [4.78, 5) is 0. The molecular formula is C13H19BrClNO2. The summed E-state index contributed by atoms with van der Waals surface area (Å²) in [5.74, 6) is 0.811. The minimum Gasteiger partial charge on any atom is -0.488 e. The van der Waals surface area contributed by atoms with E-state index in [9.17, 15) is 0 Å². The van der Waals surface area contributed by atoms with Crippen molar-refractivity contribution < 1.29 is 9.47 Å². The quantitative estimate of drug-likeness (QED) is 0.737. The van der Waals surface area contributed by atoms with Crippen molar-refractivity contribution in [3.05, 3.63) is 27.7 Å². The second-order valence-electron chi connectivity index (χ2n) is 4.05. The lowest BCUT2D eigenvalue weighted by molar-refractivity contribution is 0.188. The standard InChI is InChI=1S/C13H19BrClNO2/c1-10(9-16-6-3-7-17-2)18-13-5-4-11(15)8-12(13)14/h4-5,8,10,16H,3,6-7,9H2,1-2H3. The highest BCUT2D eigenvalue weighted by Crippen LogP contribution is 2.28. The molecule has 1 N–H and O–H groups in total. The fraction of sp³-hybridized carbons (Fsp3) is 0.538. The summed E-state index contributed by atoms with van der Waals surface area (Å²) < 4.78 is 11.7. The van der Waals surface area contributed by atoms with Crippen LogP contribution in [0.4, 0.5) is 0 Å². The number of methoxy groups -OCH3 is 1. The third kappa shape index (κ3) is 6.05. The summed E-state index contributed by atoms with van der Waals surface area (Å²) in [7, 11) is 1.71. The van der Waals surface area contributed by atoms with Gasteiger partial charge in [0.1, 0.15) is 11.9 Å². The second kappa shape index (κ2) is 8.75. The van der Waals surface area contributed by atoms with E-state index in [1.165, 1.54) is 0 Å². The van der Waals surface area contributed by atoms with Crippen molar-refractivity contribution >= 4 is 27.5 Å². The zero-order chi connectivity index (χ0) is 13.4. The monoisotopic (exact) mass is 335 g/mol. The minimum atomic E-state index is 0.102. The lowest BCUT2D eigenvalue weighted by atomic mass is 10.3. The number of benzene rings is 1. The van der Waals surface area contributed by atoms with Crippen molar-refractivity contribution in [3.63, 3.8) is 0 Å². The molecule has 102 valence electrons. The van der Waals surface area contributed by atoms with Gasteiger partial charge in [-0.3, -0.25) is 0 Å². The molecule has 1 atom stereocenters. The zero-order valence-electron chi connectivity index (χ0n) is 10.7. The van der Waals surface area contributed by atoms with E-state index in [2.05, 4.69) is 21.2 Å². The molecule has 0 aliphatic heterocycles. The van der Waals surface area contributed by atoms with Gasteiger partial charge >= 0.3 is 0 Å². The molecule has 0 aliphatic rings. The number of hydrogen-bond donors (Lipinski definition) is 1. The van der Waals surface area contributed by atoms with Crippen LogP contribution in [0, 0.1) is 0 Å². The number of ether oxygens (including phenoxy) is 2. The molecule has 0 bridgehead atoms. The molecule has 0 heterocycles. The average Bonchev–Trinajstić information content (AvgIpc) is 2.32. The molecule has 5 heteroatoms. The Morgan fingerprint density at radius 3 is 2.89 bits per heavy atom. The van der Waals surface area contributed by atoms with Crippen LogP contribution in [0.25, 0.3) is 0 Å². The lowest BCUT2D eigenvalue weighted by Gasteiger charge is -2.16. The Hall–Kier alpha value is -0.290. The molecule has 0 amide bonds. The SMILES string of the molecule is COCCCNCC(C)Oc1ccc(Cl)cc1Br. The van der Waals surface area contributed by atoms with Gasteiger partial charge in [-0.1, -0.05) is 11.6 Å². The van der Waals surface area contributed by atoms with Crippen molar-refractivity contribution in [2.45, 2.75) is 19.4 Å². The minimum absolute atomic E-state index is 0.102. The van der Waals surface area contributed by atoms with E-state index < -0.39 is 0 Å². The predicted molar refractivity (Wildman–Crippen MR) is 78.6 cm³/mol. The van der Waals surface area contributed by atoms with Crippen LogP contribution in [0.2, 0.25) is 5.02 Å². The molecule has 0 aliphatic carbocycles. The van der Waals surface area contributed by atoms with Gasteiger partial charge in [-0.2, -0.15) is 0 Å². The van der Waals surface area contributed by atoms with Gasteiger partial charge in [0.2, 0.25) is 0 Å². The Morgan fingerprint density at radius 2 is 2.22 bits per heavy atom. The number of rotatable bonds is 8. The van der Waals surface area contributed by atoms with Crippen molar-refractivity contribution in [1.29, 1.82) is 0 Å². The summed E-state index contributed by atoms with van der Waals surface area (Å²) >= 11 is 9.31. The third-order valence-corrected chi connectivity index (χ3v) is 3.21. The van der Waals surface area contributed by atoms with Gasteiger partial charge in [0.15, 0.2) is 0 Å². The Kier molecular flexibility index (Phi) is 7.66. The largest absolute Gasteiger partial charge is 0.488 e. The first kappa shape index (κ1) is 15.8. The van der Waals surface area contributed by atoms with E-state index in [-0.39, 0.29) is 6.10 Å². The van der Waals surface area contributed by atoms with Gasteiger partial charge < -0.3 is 14.8 Å². The Bertz CT molecular complexity index is 363. The number of halogens is 2. The van der Waals surface area contributed by atoms with Gasteiger partial charge in [0, 0.05) is 25.3 Å². The van der Waals surface area contributed by atoms with Crippen molar-refractivity contribution in [1.82, 2.24) is 5.32 Å². The van der Waals surface area contributed by atoms with Crippen LogP contribution in [-0.2, 0) is 4.74 Å². The zero-order valence-corrected chi connectivity index (χ0v) is 13.1. The predicted octanol–water partition coefficient (Wildman–Crippen LogP) is 3.50. The van der Waals surface area contributed by atoms with E-state index in [1.54, 1.807) is 7.11 Å². The normalized spacial score (nSPS) is 12.4.